The molecule has 0 heterocycles. The van der Waals surface area contributed by atoms with Crippen molar-refractivity contribution in [2.24, 2.45) is 5.92 Å². The molecule has 0 atom stereocenters. The molecule has 0 saturated carbocycles. The molecule has 1 heteroatoms. The van der Waals surface area contributed by atoms with Crippen molar-refractivity contribution in [1.29, 1.82) is 0 Å². The topological polar surface area (TPSA) is 17.1 Å². The zero-order chi connectivity index (χ0) is 9.10. The lowest BCUT2D eigenvalue weighted by Crippen LogP contribution is -2.06. The monoisotopic (exact) mass is 176 g/mol. The van der Waals surface area contributed by atoms with E-state index < -0.39 is 0 Å². The van der Waals surface area contributed by atoms with Crippen LogP contribution in [0.1, 0.15) is 38.5 Å². The maximum absolute atomic E-state index is 11.0. The van der Waals surface area contributed by atoms with E-state index >= 15 is 0 Å². The Morgan fingerprint density at radius 2 is 1.62 bits per heavy atom. The van der Waals surface area contributed by atoms with Crippen LogP contribution in [0.3, 0.4) is 0 Å². The van der Waals surface area contributed by atoms with Crippen molar-refractivity contribution < 1.29 is 4.79 Å². The van der Waals surface area contributed by atoms with Crippen LogP contribution in [-0.4, -0.2) is 6.29 Å². The Morgan fingerprint density at radius 3 is 1.92 bits per heavy atom. The first-order valence-corrected chi connectivity index (χ1v) is 5.25. The van der Waals surface area contributed by atoms with E-state index in [2.05, 4.69) is 12.2 Å². The molecule has 0 aromatic rings. The molecule has 2 aliphatic rings. The molecule has 0 aromatic heterocycles. The summed E-state index contributed by atoms with van der Waals surface area (Å²) in [6, 6.07) is 0. The van der Waals surface area contributed by atoms with Crippen LogP contribution in [0.4, 0.5) is 0 Å². The predicted molar refractivity (Wildman–Crippen MR) is 53.4 cm³/mol. The van der Waals surface area contributed by atoms with Gasteiger partial charge in [0.15, 0.2) is 0 Å². The highest BCUT2D eigenvalue weighted by Gasteiger charge is 2.21. The van der Waals surface area contributed by atoms with E-state index in [1.54, 1.807) is 0 Å². The van der Waals surface area contributed by atoms with Gasteiger partial charge in [-0.15, -0.1) is 0 Å². The Bertz CT molecular complexity index is 236. The van der Waals surface area contributed by atoms with Gasteiger partial charge in [0.2, 0.25) is 0 Å². The molecule has 70 valence electrons. The highest BCUT2D eigenvalue weighted by atomic mass is 16.1. The first-order valence-electron chi connectivity index (χ1n) is 5.25. The summed E-state index contributed by atoms with van der Waals surface area (Å²) in [5.41, 5.74) is 2.76. The third-order valence-electron chi connectivity index (χ3n) is 3.09. The lowest BCUT2D eigenvalue weighted by molar-refractivity contribution is -0.109. The van der Waals surface area contributed by atoms with E-state index in [1.165, 1.54) is 36.8 Å². The minimum atomic E-state index is 0.144. The van der Waals surface area contributed by atoms with Gasteiger partial charge in [0, 0.05) is 0 Å². The molecule has 0 fully saturated rings. The van der Waals surface area contributed by atoms with Crippen LogP contribution in [-0.2, 0) is 4.79 Å². The molecule has 0 unspecified atom stereocenters. The Balaban J connectivity index is 2.12. The predicted octanol–water partition coefficient (Wildman–Crippen LogP) is 3.02. The molecule has 13 heavy (non-hydrogen) atoms. The molecule has 0 bridgehead atoms. The molecule has 0 saturated heterocycles. The lowest BCUT2D eigenvalue weighted by Gasteiger charge is -2.12. The highest BCUT2D eigenvalue weighted by molar-refractivity contribution is 5.65. The fraction of sp³-hybridized carbons (Fsp3) is 0.583. The van der Waals surface area contributed by atoms with Gasteiger partial charge in [-0.2, -0.15) is 0 Å². The van der Waals surface area contributed by atoms with Gasteiger partial charge in [-0.05, 0) is 38.5 Å². The van der Waals surface area contributed by atoms with E-state index in [0.29, 0.717) is 0 Å². The van der Waals surface area contributed by atoms with Crippen molar-refractivity contribution in [3.05, 3.63) is 23.3 Å². The smallest absolute Gasteiger partial charge is 0.131 e. The summed E-state index contributed by atoms with van der Waals surface area (Å²) in [7, 11) is 0. The molecule has 0 amide bonds. The molecular weight excluding hydrogens is 160 g/mol. The van der Waals surface area contributed by atoms with Gasteiger partial charge in [0.05, 0.1) is 5.92 Å². The minimum Gasteiger partial charge on any atom is -0.302 e. The van der Waals surface area contributed by atoms with Crippen LogP contribution in [0.25, 0.3) is 0 Å². The summed E-state index contributed by atoms with van der Waals surface area (Å²) < 4.78 is 0. The third-order valence-corrected chi connectivity index (χ3v) is 3.09. The van der Waals surface area contributed by atoms with Crippen molar-refractivity contribution in [2.45, 2.75) is 38.5 Å². The van der Waals surface area contributed by atoms with E-state index in [-0.39, 0.29) is 5.92 Å². The molecule has 2 rings (SSSR count). The van der Waals surface area contributed by atoms with Gasteiger partial charge < -0.3 is 4.79 Å². The van der Waals surface area contributed by atoms with Crippen LogP contribution in [0, 0.1) is 5.92 Å². The van der Waals surface area contributed by atoms with Gasteiger partial charge in [0.1, 0.15) is 6.29 Å². The first kappa shape index (κ1) is 8.74. The number of carbonyl (C=O) groups is 1. The summed E-state index contributed by atoms with van der Waals surface area (Å²) in [4.78, 5) is 11.0. The molecule has 1 nitrogen and oxygen atoms in total. The number of allylic oxidation sites excluding steroid dienone is 4. The van der Waals surface area contributed by atoms with Crippen molar-refractivity contribution in [1.82, 2.24) is 0 Å². The van der Waals surface area contributed by atoms with Crippen molar-refractivity contribution in [3.63, 3.8) is 0 Å². The Hall–Kier alpha value is -0.850. The van der Waals surface area contributed by atoms with E-state index in [1.807, 2.05) is 0 Å². The van der Waals surface area contributed by atoms with Gasteiger partial charge in [-0.3, -0.25) is 0 Å². The molecule has 0 radical (unpaired) electrons. The van der Waals surface area contributed by atoms with Crippen LogP contribution in [0.15, 0.2) is 23.3 Å². The summed E-state index contributed by atoms with van der Waals surface area (Å²) in [5.74, 6) is 0.144. The maximum Gasteiger partial charge on any atom is 0.131 e. The average molecular weight is 176 g/mol. The standard InChI is InChI=1S/C12H16O/c13-9-12(10-5-1-2-6-10)11-7-3-4-8-11/h5,7,9,12H,1-4,6,8H2. The second-order valence-corrected chi connectivity index (χ2v) is 3.96. The number of carbonyl (C=O) groups excluding carboxylic acids is 1. The van der Waals surface area contributed by atoms with Gasteiger partial charge in [-0.25, -0.2) is 0 Å². The van der Waals surface area contributed by atoms with Crippen LogP contribution < -0.4 is 0 Å². The highest BCUT2D eigenvalue weighted by Crippen LogP contribution is 2.33. The Kier molecular flexibility index (Phi) is 2.62. The molecule has 0 aliphatic heterocycles. The maximum atomic E-state index is 11.0. The summed E-state index contributed by atoms with van der Waals surface area (Å²) in [6.07, 6.45) is 12.8. The molecule has 0 N–H and O–H groups in total. The second-order valence-electron chi connectivity index (χ2n) is 3.96. The normalized spacial score (nSPS) is 21.9. The number of hydrogen-bond acceptors (Lipinski definition) is 1. The summed E-state index contributed by atoms with van der Waals surface area (Å²) in [6.45, 7) is 0. The number of hydrogen-bond donors (Lipinski definition) is 0. The largest absolute Gasteiger partial charge is 0.302 e. The van der Waals surface area contributed by atoms with Crippen LogP contribution in [0.5, 0.6) is 0 Å². The number of rotatable bonds is 3. The SMILES string of the molecule is O=CC(C1=CCCC1)C1=CCCC1. The summed E-state index contributed by atoms with van der Waals surface area (Å²) >= 11 is 0. The Labute approximate surface area is 79.5 Å². The fourth-order valence-electron chi connectivity index (χ4n) is 2.37. The second kappa shape index (κ2) is 3.91. The van der Waals surface area contributed by atoms with Crippen molar-refractivity contribution in [3.8, 4) is 0 Å². The Morgan fingerprint density at radius 1 is 1.08 bits per heavy atom. The zero-order valence-corrected chi connectivity index (χ0v) is 7.96. The molecule has 0 aromatic carbocycles. The van der Waals surface area contributed by atoms with Crippen molar-refractivity contribution >= 4 is 6.29 Å². The summed E-state index contributed by atoms with van der Waals surface area (Å²) in [5, 5.41) is 0. The van der Waals surface area contributed by atoms with E-state index in [4.69, 9.17) is 0 Å². The molecular formula is C12H16O. The average Bonchev–Trinajstić information content (AvgIpc) is 2.76. The van der Waals surface area contributed by atoms with E-state index in [0.717, 1.165) is 19.1 Å². The third kappa shape index (κ3) is 1.74. The lowest BCUT2D eigenvalue weighted by atomic mass is 9.91. The fourth-order valence-corrected chi connectivity index (χ4v) is 2.37. The zero-order valence-electron chi connectivity index (χ0n) is 7.96. The molecule has 0 spiro atoms. The first-order chi connectivity index (χ1) is 6.42. The molecule has 2 aliphatic carbocycles. The number of aldehydes is 1. The van der Waals surface area contributed by atoms with Crippen molar-refractivity contribution in [2.75, 3.05) is 0 Å². The van der Waals surface area contributed by atoms with Gasteiger partial charge >= 0.3 is 0 Å². The minimum absolute atomic E-state index is 0.144. The van der Waals surface area contributed by atoms with Crippen LogP contribution in [0.2, 0.25) is 0 Å². The van der Waals surface area contributed by atoms with Gasteiger partial charge in [0.25, 0.3) is 0 Å². The van der Waals surface area contributed by atoms with Crippen LogP contribution >= 0.6 is 0 Å². The van der Waals surface area contributed by atoms with Gasteiger partial charge in [-0.1, -0.05) is 23.3 Å². The van der Waals surface area contributed by atoms with E-state index in [9.17, 15) is 4.79 Å². The quantitative estimate of drug-likeness (QED) is 0.477.